The SMILES string of the molecule is O=S(=O)([O-])C(F)(F)F.O=S(=O)([O-])C(F)(F)F.O=S(=O)([O-])C(F)(F)F.[Zn+3]. The van der Waals surface area contributed by atoms with Gasteiger partial charge in [-0.15, -0.1) is 0 Å². The van der Waals surface area contributed by atoms with Crippen molar-refractivity contribution in [3.8, 4) is 0 Å². The summed E-state index contributed by atoms with van der Waals surface area (Å²) in [5.74, 6) is 0. The van der Waals surface area contributed by atoms with E-state index < -0.39 is 46.9 Å². The Kier molecular flexibility index (Phi) is 12.4. The second kappa shape index (κ2) is 9.60. The molecular weight excluding hydrogens is 513 g/mol. The molecule has 0 aliphatic heterocycles. The standard InChI is InChI=1S/3CHF3O3S.Zn/c3*2-1(3,4)8(5,6)7;/h3*(H,5,6,7);/q;;;+3/p-3. The maximum atomic E-state index is 10.7. The molecule has 0 radical (unpaired) electrons. The summed E-state index contributed by atoms with van der Waals surface area (Å²) in [5, 5.41) is 0. The maximum Gasteiger partial charge on any atom is 3.00 e. The van der Waals surface area contributed by atoms with Crippen molar-refractivity contribution in [3.05, 3.63) is 0 Å². The summed E-state index contributed by atoms with van der Waals surface area (Å²) in [6.45, 7) is 0. The number of halogens is 9. The van der Waals surface area contributed by atoms with Gasteiger partial charge in [0.25, 0.3) is 0 Å². The fourth-order valence-electron chi connectivity index (χ4n) is 0. The van der Waals surface area contributed by atoms with Gasteiger partial charge in [0, 0.05) is 0 Å². The van der Waals surface area contributed by atoms with Crippen LogP contribution >= 0.6 is 0 Å². The summed E-state index contributed by atoms with van der Waals surface area (Å²) in [5.41, 5.74) is -16.9. The van der Waals surface area contributed by atoms with E-state index in [0.29, 0.717) is 0 Å². The average molecular weight is 513 g/mol. The van der Waals surface area contributed by atoms with Crippen molar-refractivity contribution in [3.63, 3.8) is 0 Å². The van der Waals surface area contributed by atoms with E-state index >= 15 is 0 Å². The van der Waals surface area contributed by atoms with Crippen LogP contribution in [0.1, 0.15) is 0 Å². The topological polar surface area (TPSA) is 172 Å². The Labute approximate surface area is 145 Å². The minimum absolute atomic E-state index is 0. The van der Waals surface area contributed by atoms with Crippen LogP contribution in [0.15, 0.2) is 0 Å². The Bertz CT molecular complexity index is 596. The van der Waals surface area contributed by atoms with Gasteiger partial charge in [0.15, 0.2) is 30.4 Å². The first-order valence-corrected chi connectivity index (χ1v) is 8.04. The van der Waals surface area contributed by atoms with Crippen molar-refractivity contribution in [2.24, 2.45) is 0 Å². The zero-order valence-corrected chi connectivity index (χ0v) is 15.9. The van der Waals surface area contributed by atoms with Crippen LogP contribution in [0, 0.1) is 0 Å². The predicted octanol–water partition coefficient (Wildman–Crippen LogP) is 0.152. The first kappa shape index (κ1) is 32.4. The predicted molar refractivity (Wildman–Crippen MR) is 47.3 cm³/mol. The van der Waals surface area contributed by atoms with Crippen molar-refractivity contribution >= 4 is 30.4 Å². The van der Waals surface area contributed by atoms with Crippen LogP contribution in [0.2, 0.25) is 0 Å². The molecule has 0 unspecified atom stereocenters. The Morgan fingerprint density at radius 2 is 0.480 bits per heavy atom. The van der Waals surface area contributed by atoms with Gasteiger partial charge in [-0.25, -0.2) is 25.3 Å². The van der Waals surface area contributed by atoms with Crippen LogP contribution in [0.5, 0.6) is 0 Å². The summed E-state index contributed by atoms with van der Waals surface area (Å²) in [6.07, 6.45) is 0. The van der Waals surface area contributed by atoms with Gasteiger partial charge in [-0.2, -0.15) is 39.5 Å². The quantitative estimate of drug-likeness (QED) is 0.189. The summed E-state index contributed by atoms with van der Waals surface area (Å²) < 4.78 is 177. The smallest absolute Gasteiger partial charge is 0.741 e. The minimum Gasteiger partial charge on any atom is -0.741 e. The van der Waals surface area contributed by atoms with E-state index in [1.807, 2.05) is 0 Å². The molecule has 9 nitrogen and oxygen atoms in total. The molecule has 0 fully saturated rings. The molecule has 0 aromatic heterocycles. The van der Waals surface area contributed by atoms with E-state index in [1.54, 1.807) is 0 Å². The molecule has 22 heteroatoms. The Morgan fingerprint density at radius 3 is 0.480 bits per heavy atom. The van der Waals surface area contributed by atoms with Crippen molar-refractivity contribution in [1.29, 1.82) is 0 Å². The molecule has 0 saturated heterocycles. The summed E-state index contributed by atoms with van der Waals surface area (Å²) in [4.78, 5) is 0. The second-order valence-electron chi connectivity index (χ2n) is 2.70. The number of rotatable bonds is 0. The zero-order chi connectivity index (χ0) is 21.0. The summed E-state index contributed by atoms with van der Waals surface area (Å²) in [6, 6.07) is 0. The van der Waals surface area contributed by atoms with E-state index in [-0.39, 0.29) is 19.5 Å². The van der Waals surface area contributed by atoms with Gasteiger partial charge < -0.3 is 13.7 Å². The number of hydrogen-bond acceptors (Lipinski definition) is 9. The van der Waals surface area contributed by atoms with E-state index in [1.165, 1.54) is 0 Å². The Balaban J connectivity index is -0.000000130. The third-order valence-electron chi connectivity index (χ3n) is 0.850. The molecule has 0 aromatic rings. The van der Waals surface area contributed by atoms with Crippen LogP contribution in [0.3, 0.4) is 0 Å². The molecule has 25 heavy (non-hydrogen) atoms. The van der Waals surface area contributed by atoms with Crippen molar-refractivity contribution in [2.45, 2.75) is 16.5 Å². The van der Waals surface area contributed by atoms with Gasteiger partial charge >= 0.3 is 36.0 Å². The number of hydrogen-bond donors (Lipinski definition) is 0. The zero-order valence-electron chi connectivity index (χ0n) is 10.5. The van der Waals surface area contributed by atoms with Crippen LogP contribution in [-0.4, -0.2) is 55.4 Å². The summed E-state index contributed by atoms with van der Waals surface area (Å²) >= 11 is 0. The monoisotopic (exact) mass is 511 g/mol. The number of alkyl halides is 9. The molecule has 0 bridgehead atoms. The molecule has 0 rings (SSSR count). The minimum atomic E-state index is -6.09. The molecule has 0 aliphatic carbocycles. The van der Waals surface area contributed by atoms with Gasteiger partial charge in [-0.3, -0.25) is 0 Å². The first-order chi connectivity index (χ1) is 9.75. The first-order valence-electron chi connectivity index (χ1n) is 3.81. The Morgan fingerprint density at radius 1 is 0.440 bits per heavy atom. The van der Waals surface area contributed by atoms with Crippen LogP contribution in [-0.2, 0) is 49.8 Å². The molecule has 0 saturated carbocycles. The molecule has 0 amide bonds. The van der Waals surface area contributed by atoms with E-state index in [0.717, 1.165) is 0 Å². The van der Waals surface area contributed by atoms with Gasteiger partial charge in [0.05, 0.1) is 0 Å². The normalized spacial score (nSPS) is 13.4. The van der Waals surface area contributed by atoms with Gasteiger partial charge in [-0.05, 0) is 0 Å². The molecule has 0 N–H and O–H groups in total. The average Bonchev–Trinajstić information content (AvgIpc) is 2.08. The second-order valence-corrected chi connectivity index (χ2v) is 6.81. The third kappa shape index (κ3) is 15.7. The summed E-state index contributed by atoms with van der Waals surface area (Å²) in [7, 11) is -18.3. The van der Waals surface area contributed by atoms with E-state index in [2.05, 4.69) is 0 Å². The van der Waals surface area contributed by atoms with Gasteiger partial charge in [0.2, 0.25) is 0 Å². The van der Waals surface area contributed by atoms with E-state index in [9.17, 15) is 39.5 Å². The third-order valence-corrected chi connectivity index (χ3v) is 2.55. The fraction of sp³-hybridized carbons (Fsp3) is 1.00. The van der Waals surface area contributed by atoms with Crippen LogP contribution < -0.4 is 0 Å². The van der Waals surface area contributed by atoms with Crippen molar-refractivity contribution < 1.29 is 97.9 Å². The molecule has 0 heterocycles. The van der Waals surface area contributed by atoms with Crippen LogP contribution in [0.25, 0.3) is 0 Å². The molecular formula is C3F9O9S3Zn. The molecule has 0 aromatic carbocycles. The van der Waals surface area contributed by atoms with Gasteiger partial charge in [-0.1, -0.05) is 0 Å². The van der Waals surface area contributed by atoms with Crippen molar-refractivity contribution in [1.82, 2.24) is 0 Å². The Hall–Kier alpha value is -0.277. The van der Waals surface area contributed by atoms with Gasteiger partial charge in [0.1, 0.15) is 0 Å². The fourth-order valence-corrected chi connectivity index (χ4v) is 0. The van der Waals surface area contributed by atoms with Crippen molar-refractivity contribution in [2.75, 3.05) is 0 Å². The maximum absolute atomic E-state index is 10.7. The molecule has 149 valence electrons. The van der Waals surface area contributed by atoms with E-state index in [4.69, 9.17) is 38.9 Å². The molecule has 0 spiro atoms. The molecule has 0 atom stereocenters. The largest absolute Gasteiger partial charge is 3.00 e. The van der Waals surface area contributed by atoms with Crippen LogP contribution in [0.4, 0.5) is 39.5 Å². The molecule has 0 aliphatic rings.